The normalized spacial score (nSPS) is 10.5. The van der Waals surface area contributed by atoms with Gasteiger partial charge in [-0.3, -0.25) is 4.79 Å². The number of benzene rings is 2. The van der Waals surface area contributed by atoms with Crippen molar-refractivity contribution in [2.45, 2.75) is 26.4 Å². The number of ether oxygens (including phenoxy) is 2. The van der Waals surface area contributed by atoms with E-state index in [4.69, 9.17) is 9.26 Å². The van der Waals surface area contributed by atoms with E-state index in [1.165, 1.54) is 7.11 Å². The zero-order valence-corrected chi connectivity index (χ0v) is 14.9. The summed E-state index contributed by atoms with van der Waals surface area (Å²) in [5.74, 6) is 1.24. The Bertz CT molecular complexity index is 853. The number of nitrogens with zero attached hydrogens (tertiary/aromatic N) is 1. The second-order valence-corrected chi connectivity index (χ2v) is 5.95. The van der Waals surface area contributed by atoms with Crippen LogP contribution in [-0.2, 0) is 22.6 Å². The molecule has 0 fully saturated rings. The monoisotopic (exact) mass is 351 g/mol. The molecular weight excluding hydrogens is 330 g/mol. The molecule has 0 atom stereocenters. The van der Waals surface area contributed by atoms with Gasteiger partial charge in [-0.15, -0.1) is 0 Å². The molecule has 0 amide bonds. The third kappa shape index (κ3) is 4.30. The van der Waals surface area contributed by atoms with Crippen molar-refractivity contribution in [3.05, 3.63) is 71.5 Å². The molecule has 3 aromatic rings. The topological polar surface area (TPSA) is 61.6 Å². The molecule has 1 heterocycles. The van der Waals surface area contributed by atoms with Gasteiger partial charge >= 0.3 is 5.97 Å². The quantitative estimate of drug-likeness (QED) is 0.593. The highest BCUT2D eigenvalue weighted by Crippen LogP contribution is 2.27. The van der Waals surface area contributed by atoms with Gasteiger partial charge in [-0.25, -0.2) is 0 Å². The van der Waals surface area contributed by atoms with Crippen LogP contribution in [0.15, 0.2) is 59.1 Å². The Morgan fingerprint density at radius 1 is 1.08 bits per heavy atom. The van der Waals surface area contributed by atoms with E-state index >= 15 is 0 Å². The van der Waals surface area contributed by atoms with Crippen molar-refractivity contribution in [3.8, 4) is 17.0 Å². The van der Waals surface area contributed by atoms with Crippen molar-refractivity contribution in [2.24, 2.45) is 0 Å². The molecule has 0 aliphatic rings. The van der Waals surface area contributed by atoms with E-state index in [2.05, 4.69) is 9.89 Å². The van der Waals surface area contributed by atoms with Gasteiger partial charge in [-0.1, -0.05) is 35.5 Å². The summed E-state index contributed by atoms with van der Waals surface area (Å²) in [4.78, 5) is 11.3. The molecule has 0 saturated heterocycles. The molecule has 0 radical (unpaired) electrons. The molecule has 0 saturated carbocycles. The molecule has 2 aromatic carbocycles. The molecule has 1 aromatic heterocycles. The van der Waals surface area contributed by atoms with E-state index in [9.17, 15) is 4.79 Å². The Morgan fingerprint density at radius 2 is 1.81 bits per heavy atom. The predicted octanol–water partition coefficient (Wildman–Crippen LogP) is 4.33. The van der Waals surface area contributed by atoms with Gasteiger partial charge in [0.25, 0.3) is 0 Å². The molecule has 0 aliphatic heterocycles. The fraction of sp³-hybridized carbons (Fsp3) is 0.238. The number of hydrogen-bond acceptors (Lipinski definition) is 5. The SMILES string of the molecule is COC(=O)CCc1onc(-c2ccc(OCc3ccccc3)cc2)c1C. The van der Waals surface area contributed by atoms with Gasteiger partial charge in [-0.05, 0) is 36.8 Å². The summed E-state index contributed by atoms with van der Waals surface area (Å²) >= 11 is 0. The van der Waals surface area contributed by atoms with Gasteiger partial charge in [-0.2, -0.15) is 0 Å². The largest absolute Gasteiger partial charge is 0.489 e. The van der Waals surface area contributed by atoms with Crippen molar-refractivity contribution >= 4 is 5.97 Å². The molecule has 0 aliphatic carbocycles. The van der Waals surface area contributed by atoms with E-state index in [1.807, 2.05) is 61.5 Å². The Kier molecular flexibility index (Phi) is 5.69. The number of esters is 1. The standard InChI is InChI=1S/C21H21NO4/c1-15-19(12-13-20(23)24-2)26-22-21(15)17-8-10-18(11-9-17)25-14-16-6-4-3-5-7-16/h3-11H,12-14H2,1-2H3. The first kappa shape index (κ1) is 17.7. The highest BCUT2D eigenvalue weighted by Gasteiger charge is 2.15. The van der Waals surface area contributed by atoms with E-state index in [0.29, 0.717) is 18.8 Å². The maximum atomic E-state index is 11.3. The number of carbonyl (C=O) groups is 1. The van der Waals surface area contributed by atoms with Crippen molar-refractivity contribution in [3.63, 3.8) is 0 Å². The smallest absolute Gasteiger partial charge is 0.305 e. The van der Waals surface area contributed by atoms with Crippen molar-refractivity contribution in [1.82, 2.24) is 5.16 Å². The lowest BCUT2D eigenvalue weighted by molar-refractivity contribution is -0.140. The summed E-state index contributed by atoms with van der Waals surface area (Å²) in [6, 6.07) is 17.8. The molecular formula is C21H21NO4. The number of hydrogen-bond donors (Lipinski definition) is 0. The lowest BCUT2D eigenvalue weighted by atomic mass is 10.1. The molecule has 5 heteroatoms. The van der Waals surface area contributed by atoms with Gasteiger partial charge in [0.05, 0.1) is 13.5 Å². The molecule has 0 spiro atoms. The van der Waals surface area contributed by atoms with Gasteiger partial charge < -0.3 is 14.0 Å². The maximum absolute atomic E-state index is 11.3. The van der Waals surface area contributed by atoms with Crippen molar-refractivity contribution < 1.29 is 18.8 Å². The number of methoxy groups -OCH3 is 1. The lowest BCUT2D eigenvalue weighted by Gasteiger charge is -2.07. The summed E-state index contributed by atoms with van der Waals surface area (Å²) in [5, 5.41) is 4.15. The lowest BCUT2D eigenvalue weighted by Crippen LogP contribution is -2.01. The zero-order valence-electron chi connectivity index (χ0n) is 14.9. The summed E-state index contributed by atoms with van der Waals surface area (Å²) in [7, 11) is 1.38. The zero-order chi connectivity index (χ0) is 18.4. The Hall–Kier alpha value is -3.08. The molecule has 0 N–H and O–H groups in total. The molecule has 0 bridgehead atoms. The average molecular weight is 351 g/mol. The number of aromatic nitrogens is 1. The average Bonchev–Trinajstić information content (AvgIpc) is 3.06. The van der Waals surface area contributed by atoms with Gasteiger partial charge in [0.2, 0.25) is 0 Å². The van der Waals surface area contributed by atoms with Crippen molar-refractivity contribution in [2.75, 3.05) is 7.11 Å². The minimum absolute atomic E-state index is 0.262. The Labute approximate surface area is 152 Å². The van der Waals surface area contributed by atoms with Gasteiger partial charge in [0.15, 0.2) is 0 Å². The third-order valence-corrected chi connectivity index (χ3v) is 4.18. The summed E-state index contributed by atoms with van der Waals surface area (Å²) < 4.78 is 15.8. The first-order chi connectivity index (χ1) is 12.7. The first-order valence-electron chi connectivity index (χ1n) is 8.46. The number of rotatable bonds is 7. The van der Waals surface area contributed by atoms with Crippen LogP contribution < -0.4 is 4.74 Å². The van der Waals surface area contributed by atoms with Crippen LogP contribution in [-0.4, -0.2) is 18.2 Å². The Balaban J connectivity index is 1.65. The second kappa shape index (κ2) is 8.34. The van der Waals surface area contributed by atoms with Crippen LogP contribution >= 0.6 is 0 Å². The van der Waals surface area contributed by atoms with Crippen LogP contribution in [0.3, 0.4) is 0 Å². The fourth-order valence-corrected chi connectivity index (χ4v) is 2.64. The predicted molar refractivity (Wildman–Crippen MR) is 97.8 cm³/mol. The molecule has 5 nitrogen and oxygen atoms in total. The van der Waals surface area contributed by atoms with E-state index in [-0.39, 0.29) is 12.4 Å². The highest BCUT2D eigenvalue weighted by atomic mass is 16.5. The number of carbonyl (C=O) groups excluding carboxylic acids is 1. The fourth-order valence-electron chi connectivity index (χ4n) is 2.64. The van der Waals surface area contributed by atoms with E-state index in [0.717, 1.165) is 28.1 Å². The second-order valence-electron chi connectivity index (χ2n) is 5.95. The maximum Gasteiger partial charge on any atom is 0.305 e. The van der Waals surface area contributed by atoms with Gasteiger partial charge in [0, 0.05) is 17.5 Å². The molecule has 0 unspecified atom stereocenters. The van der Waals surface area contributed by atoms with Crippen LogP contribution in [0.2, 0.25) is 0 Å². The molecule has 3 rings (SSSR count). The molecule has 26 heavy (non-hydrogen) atoms. The molecule has 134 valence electrons. The number of aryl methyl sites for hydroxylation is 1. The highest BCUT2D eigenvalue weighted by molar-refractivity contribution is 5.70. The minimum Gasteiger partial charge on any atom is -0.489 e. The third-order valence-electron chi connectivity index (χ3n) is 4.18. The van der Waals surface area contributed by atoms with E-state index < -0.39 is 0 Å². The van der Waals surface area contributed by atoms with Crippen LogP contribution in [0.1, 0.15) is 23.3 Å². The first-order valence-corrected chi connectivity index (χ1v) is 8.46. The summed E-state index contributed by atoms with van der Waals surface area (Å²) in [6.07, 6.45) is 0.752. The Morgan fingerprint density at radius 3 is 2.50 bits per heavy atom. The van der Waals surface area contributed by atoms with Gasteiger partial charge in [0.1, 0.15) is 23.8 Å². The van der Waals surface area contributed by atoms with Crippen LogP contribution in [0.5, 0.6) is 5.75 Å². The minimum atomic E-state index is -0.262. The van der Waals surface area contributed by atoms with Crippen LogP contribution in [0, 0.1) is 6.92 Å². The summed E-state index contributed by atoms with van der Waals surface area (Å²) in [5.41, 5.74) is 3.79. The van der Waals surface area contributed by atoms with Crippen LogP contribution in [0.4, 0.5) is 0 Å². The van der Waals surface area contributed by atoms with E-state index in [1.54, 1.807) is 0 Å². The van der Waals surface area contributed by atoms with Crippen LogP contribution in [0.25, 0.3) is 11.3 Å². The van der Waals surface area contributed by atoms with Crippen molar-refractivity contribution in [1.29, 1.82) is 0 Å². The summed E-state index contributed by atoms with van der Waals surface area (Å²) in [6.45, 7) is 2.47.